The van der Waals surface area contributed by atoms with Crippen LogP contribution in [0.2, 0.25) is 0 Å². The van der Waals surface area contributed by atoms with E-state index < -0.39 is 0 Å². The molecule has 1 aliphatic rings. The van der Waals surface area contributed by atoms with Crippen molar-refractivity contribution in [3.8, 4) is 5.75 Å². The molecule has 3 heteroatoms. The van der Waals surface area contributed by atoms with Gasteiger partial charge in [-0.1, -0.05) is 6.42 Å². The molecule has 1 saturated carbocycles. The normalized spacial score (nSPS) is 16.8. The monoisotopic (exact) mass is 262 g/mol. The molecule has 1 aromatic rings. The van der Waals surface area contributed by atoms with Gasteiger partial charge in [-0.25, -0.2) is 0 Å². The van der Waals surface area contributed by atoms with Gasteiger partial charge in [0, 0.05) is 24.7 Å². The number of nitrogens with zero attached hydrogens (tertiary/aromatic N) is 1. The van der Waals surface area contributed by atoms with E-state index >= 15 is 0 Å². The minimum atomic E-state index is 0.348. The van der Waals surface area contributed by atoms with Crippen LogP contribution >= 0.6 is 0 Å². The number of aryl methyl sites for hydroxylation is 1. The third-order valence-electron chi connectivity index (χ3n) is 4.32. The number of hydrogen-bond donors (Lipinski definition) is 1. The fraction of sp³-hybridized carbons (Fsp3) is 0.625. The Hall–Kier alpha value is -1.22. The summed E-state index contributed by atoms with van der Waals surface area (Å²) < 4.78 is 5.59. The first-order chi connectivity index (χ1) is 9.10. The van der Waals surface area contributed by atoms with Gasteiger partial charge in [0.1, 0.15) is 5.75 Å². The van der Waals surface area contributed by atoms with Crippen LogP contribution in [0, 0.1) is 12.3 Å². The van der Waals surface area contributed by atoms with Crippen LogP contribution < -0.4 is 15.4 Å². The molecule has 0 heterocycles. The van der Waals surface area contributed by atoms with Crippen molar-refractivity contribution >= 4 is 5.69 Å². The summed E-state index contributed by atoms with van der Waals surface area (Å²) in [5, 5.41) is 0. The number of nitrogens with two attached hydrogens (primary N) is 1. The average molecular weight is 262 g/mol. The highest BCUT2D eigenvalue weighted by atomic mass is 16.5. The molecule has 0 aromatic heterocycles. The van der Waals surface area contributed by atoms with Gasteiger partial charge in [-0.3, -0.25) is 0 Å². The second-order valence-corrected chi connectivity index (χ2v) is 5.80. The van der Waals surface area contributed by atoms with Crippen molar-refractivity contribution in [2.24, 2.45) is 11.1 Å². The molecule has 3 nitrogen and oxygen atoms in total. The topological polar surface area (TPSA) is 38.5 Å². The Morgan fingerprint density at radius 2 is 2.11 bits per heavy atom. The van der Waals surface area contributed by atoms with Gasteiger partial charge in [-0.15, -0.1) is 0 Å². The van der Waals surface area contributed by atoms with E-state index in [0.29, 0.717) is 12.0 Å². The first kappa shape index (κ1) is 14.2. The summed E-state index contributed by atoms with van der Waals surface area (Å²) in [4.78, 5) is 2.33. The standard InChI is InChI=1S/C16H26N2O/c1-4-19-15-7-6-14(10-13(15)2)18(3)12-16(11-17)8-5-9-16/h6-7,10H,4-5,8-9,11-12,17H2,1-3H3. The van der Waals surface area contributed by atoms with Gasteiger partial charge >= 0.3 is 0 Å². The zero-order valence-corrected chi connectivity index (χ0v) is 12.4. The van der Waals surface area contributed by atoms with Crippen molar-refractivity contribution in [2.75, 3.05) is 31.6 Å². The quantitative estimate of drug-likeness (QED) is 0.856. The molecule has 0 amide bonds. The first-order valence-electron chi connectivity index (χ1n) is 7.25. The smallest absolute Gasteiger partial charge is 0.122 e. The highest BCUT2D eigenvalue weighted by Crippen LogP contribution is 2.41. The largest absolute Gasteiger partial charge is 0.494 e. The third-order valence-corrected chi connectivity index (χ3v) is 4.32. The number of anilines is 1. The lowest BCUT2D eigenvalue weighted by Crippen LogP contribution is -2.46. The number of ether oxygens (including phenoxy) is 1. The lowest BCUT2D eigenvalue weighted by Gasteiger charge is -2.44. The molecule has 2 rings (SSSR count). The van der Waals surface area contributed by atoms with Crippen molar-refractivity contribution < 1.29 is 4.74 Å². The first-order valence-corrected chi connectivity index (χ1v) is 7.25. The van der Waals surface area contributed by atoms with E-state index in [4.69, 9.17) is 10.5 Å². The van der Waals surface area contributed by atoms with E-state index in [2.05, 4.69) is 37.1 Å². The molecule has 2 N–H and O–H groups in total. The minimum absolute atomic E-state index is 0.348. The third kappa shape index (κ3) is 3.03. The van der Waals surface area contributed by atoms with E-state index in [0.717, 1.165) is 18.8 Å². The zero-order valence-electron chi connectivity index (χ0n) is 12.4. The molecule has 0 bridgehead atoms. The second-order valence-electron chi connectivity index (χ2n) is 5.80. The van der Waals surface area contributed by atoms with Crippen LogP contribution in [0.5, 0.6) is 5.75 Å². The van der Waals surface area contributed by atoms with E-state index in [1.54, 1.807) is 0 Å². The lowest BCUT2D eigenvalue weighted by atomic mass is 9.68. The Labute approximate surface area is 116 Å². The van der Waals surface area contributed by atoms with E-state index in [9.17, 15) is 0 Å². The Morgan fingerprint density at radius 1 is 1.37 bits per heavy atom. The Morgan fingerprint density at radius 3 is 2.58 bits per heavy atom. The predicted octanol–water partition coefficient (Wildman–Crippen LogP) is 2.96. The fourth-order valence-electron chi connectivity index (χ4n) is 2.89. The van der Waals surface area contributed by atoms with Gasteiger partial charge in [0.15, 0.2) is 0 Å². The molecule has 106 valence electrons. The molecule has 0 spiro atoms. The van der Waals surface area contributed by atoms with Crippen LogP contribution in [0.15, 0.2) is 18.2 Å². The summed E-state index contributed by atoms with van der Waals surface area (Å²) >= 11 is 0. The van der Waals surface area contributed by atoms with Crippen LogP contribution in [-0.4, -0.2) is 26.7 Å². The van der Waals surface area contributed by atoms with Crippen molar-refractivity contribution in [3.05, 3.63) is 23.8 Å². The highest BCUT2D eigenvalue weighted by Gasteiger charge is 2.36. The number of hydrogen-bond acceptors (Lipinski definition) is 3. The summed E-state index contributed by atoms with van der Waals surface area (Å²) in [6.07, 6.45) is 3.86. The molecule has 1 fully saturated rings. The van der Waals surface area contributed by atoms with Crippen LogP contribution in [0.4, 0.5) is 5.69 Å². The van der Waals surface area contributed by atoms with Crippen LogP contribution in [0.3, 0.4) is 0 Å². The molecule has 0 radical (unpaired) electrons. The summed E-state index contributed by atoms with van der Waals surface area (Å²) in [7, 11) is 2.16. The summed E-state index contributed by atoms with van der Waals surface area (Å²) in [5.74, 6) is 0.983. The average Bonchev–Trinajstić information content (AvgIpc) is 2.36. The van der Waals surface area contributed by atoms with Crippen LogP contribution in [0.1, 0.15) is 31.7 Å². The van der Waals surface area contributed by atoms with Crippen molar-refractivity contribution in [1.29, 1.82) is 0 Å². The molecule has 1 aliphatic carbocycles. The molecule has 1 aromatic carbocycles. The van der Waals surface area contributed by atoms with Gasteiger partial charge in [-0.2, -0.15) is 0 Å². The molecule has 0 saturated heterocycles. The summed E-state index contributed by atoms with van der Waals surface area (Å²) in [6.45, 7) is 6.68. The predicted molar refractivity (Wildman–Crippen MR) is 81.0 cm³/mol. The van der Waals surface area contributed by atoms with Gasteiger partial charge in [0.2, 0.25) is 0 Å². The Bertz CT molecular complexity index is 421. The van der Waals surface area contributed by atoms with Gasteiger partial charge < -0.3 is 15.4 Å². The number of rotatable bonds is 6. The fourth-order valence-corrected chi connectivity index (χ4v) is 2.89. The molecule has 19 heavy (non-hydrogen) atoms. The van der Waals surface area contributed by atoms with Gasteiger partial charge in [-0.05, 0) is 57.0 Å². The maximum absolute atomic E-state index is 5.94. The maximum Gasteiger partial charge on any atom is 0.122 e. The van der Waals surface area contributed by atoms with Crippen molar-refractivity contribution in [1.82, 2.24) is 0 Å². The SMILES string of the molecule is CCOc1ccc(N(C)CC2(CN)CCC2)cc1C. The highest BCUT2D eigenvalue weighted by molar-refractivity contribution is 5.52. The maximum atomic E-state index is 5.94. The lowest BCUT2D eigenvalue weighted by molar-refractivity contribution is 0.154. The Kier molecular flexibility index (Phi) is 4.35. The van der Waals surface area contributed by atoms with Crippen molar-refractivity contribution in [3.63, 3.8) is 0 Å². The van der Waals surface area contributed by atoms with Crippen LogP contribution in [-0.2, 0) is 0 Å². The van der Waals surface area contributed by atoms with E-state index in [1.165, 1.54) is 30.5 Å². The Balaban J connectivity index is 2.06. The second kappa shape index (κ2) is 5.83. The van der Waals surface area contributed by atoms with Crippen molar-refractivity contribution in [2.45, 2.75) is 33.1 Å². The molecule has 0 unspecified atom stereocenters. The van der Waals surface area contributed by atoms with E-state index in [1.807, 2.05) is 6.92 Å². The molecule has 0 atom stereocenters. The number of benzene rings is 1. The van der Waals surface area contributed by atoms with E-state index in [-0.39, 0.29) is 0 Å². The van der Waals surface area contributed by atoms with Gasteiger partial charge in [0.05, 0.1) is 6.61 Å². The minimum Gasteiger partial charge on any atom is -0.494 e. The molecular weight excluding hydrogens is 236 g/mol. The summed E-state index contributed by atoms with van der Waals surface area (Å²) in [6, 6.07) is 6.41. The van der Waals surface area contributed by atoms with Crippen LogP contribution in [0.25, 0.3) is 0 Å². The molecular formula is C16H26N2O. The summed E-state index contributed by atoms with van der Waals surface area (Å²) in [5.41, 5.74) is 8.74. The molecule has 0 aliphatic heterocycles. The zero-order chi connectivity index (χ0) is 13.9. The van der Waals surface area contributed by atoms with Gasteiger partial charge in [0.25, 0.3) is 0 Å².